The van der Waals surface area contributed by atoms with Crippen LogP contribution in [0.3, 0.4) is 0 Å². The van der Waals surface area contributed by atoms with Gasteiger partial charge >= 0.3 is 6.61 Å². The molecule has 0 aliphatic heterocycles. The SMILES string of the molecule is CC(C)NCc1nnc(-c2ccccc2OC(F)F)o1. The van der Waals surface area contributed by atoms with Gasteiger partial charge in [-0.1, -0.05) is 26.0 Å². The molecule has 1 aromatic heterocycles. The summed E-state index contributed by atoms with van der Waals surface area (Å²) < 4.78 is 34.5. The van der Waals surface area contributed by atoms with E-state index in [2.05, 4.69) is 20.3 Å². The zero-order chi connectivity index (χ0) is 14.5. The molecule has 0 fully saturated rings. The van der Waals surface area contributed by atoms with Crippen LogP contribution < -0.4 is 10.1 Å². The first kappa shape index (κ1) is 14.4. The molecule has 1 N–H and O–H groups in total. The first-order valence-electron chi connectivity index (χ1n) is 6.16. The van der Waals surface area contributed by atoms with Crippen molar-refractivity contribution in [2.45, 2.75) is 33.0 Å². The molecule has 0 bridgehead atoms. The molecular weight excluding hydrogens is 268 g/mol. The predicted molar refractivity (Wildman–Crippen MR) is 68.3 cm³/mol. The molecule has 108 valence electrons. The highest BCUT2D eigenvalue weighted by atomic mass is 19.3. The fourth-order valence-corrected chi connectivity index (χ4v) is 1.57. The van der Waals surface area contributed by atoms with E-state index in [1.165, 1.54) is 6.07 Å². The Balaban J connectivity index is 2.19. The van der Waals surface area contributed by atoms with E-state index in [9.17, 15) is 8.78 Å². The minimum Gasteiger partial charge on any atom is -0.434 e. The number of ether oxygens (including phenoxy) is 1. The van der Waals surface area contributed by atoms with Crippen molar-refractivity contribution < 1.29 is 17.9 Å². The zero-order valence-electron chi connectivity index (χ0n) is 11.1. The molecular formula is C13H15F2N3O2. The number of aromatic nitrogens is 2. The van der Waals surface area contributed by atoms with Crippen molar-refractivity contribution in [2.75, 3.05) is 0 Å². The van der Waals surface area contributed by atoms with Crippen LogP contribution in [0.4, 0.5) is 8.78 Å². The summed E-state index contributed by atoms with van der Waals surface area (Å²) in [7, 11) is 0. The summed E-state index contributed by atoms with van der Waals surface area (Å²) >= 11 is 0. The number of hydrogen-bond acceptors (Lipinski definition) is 5. The van der Waals surface area contributed by atoms with Crippen LogP contribution in [0.25, 0.3) is 11.5 Å². The van der Waals surface area contributed by atoms with Crippen molar-refractivity contribution in [2.24, 2.45) is 0 Å². The highest BCUT2D eigenvalue weighted by Crippen LogP contribution is 2.29. The van der Waals surface area contributed by atoms with E-state index < -0.39 is 6.61 Å². The molecule has 0 aliphatic rings. The summed E-state index contributed by atoms with van der Waals surface area (Å²) in [5, 5.41) is 10.8. The number of rotatable bonds is 6. The average Bonchev–Trinajstić information content (AvgIpc) is 2.85. The summed E-state index contributed by atoms with van der Waals surface area (Å²) in [5.41, 5.74) is 0.344. The fourth-order valence-electron chi connectivity index (χ4n) is 1.57. The van der Waals surface area contributed by atoms with Gasteiger partial charge in [-0.3, -0.25) is 0 Å². The van der Waals surface area contributed by atoms with E-state index in [-0.39, 0.29) is 17.7 Å². The van der Waals surface area contributed by atoms with Gasteiger partial charge in [-0.25, -0.2) is 0 Å². The molecule has 5 nitrogen and oxygen atoms in total. The fraction of sp³-hybridized carbons (Fsp3) is 0.385. The maximum absolute atomic E-state index is 12.3. The summed E-state index contributed by atoms with van der Waals surface area (Å²) in [6.07, 6.45) is 0. The van der Waals surface area contributed by atoms with Crippen molar-refractivity contribution in [3.8, 4) is 17.2 Å². The Hall–Kier alpha value is -2.02. The van der Waals surface area contributed by atoms with E-state index in [0.717, 1.165) is 0 Å². The van der Waals surface area contributed by atoms with Crippen LogP contribution in [0.5, 0.6) is 5.75 Å². The van der Waals surface area contributed by atoms with Crippen LogP contribution in [0.2, 0.25) is 0 Å². The third-order valence-electron chi connectivity index (χ3n) is 2.46. The standard InChI is InChI=1S/C13H15F2N3O2/c1-8(2)16-7-11-17-18-12(20-11)9-5-3-4-6-10(9)19-13(14)15/h3-6,8,13,16H,7H2,1-2H3. The maximum Gasteiger partial charge on any atom is 0.387 e. The molecule has 1 aromatic carbocycles. The van der Waals surface area contributed by atoms with Gasteiger partial charge in [0.2, 0.25) is 5.89 Å². The van der Waals surface area contributed by atoms with Gasteiger partial charge < -0.3 is 14.5 Å². The van der Waals surface area contributed by atoms with Gasteiger partial charge in [0.1, 0.15) is 5.75 Å². The van der Waals surface area contributed by atoms with Gasteiger partial charge in [-0.05, 0) is 12.1 Å². The van der Waals surface area contributed by atoms with Crippen molar-refractivity contribution in [1.82, 2.24) is 15.5 Å². The molecule has 0 amide bonds. The van der Waals surface area contributed by atoms with Crippen LogP contribution in [0.15, 0.2) is 28.7 Å². The normalized spacial score (nSPS) is 11.3. The van der Waals surface area contributed by atoms with Gasteiger partial charge in [-0.15, -0.1) is 10.2 Å². The molecule has 0 saturated heterocycles. The first-order chi connectivity index (χ1) is 9.56. The van der Waals surface area contributed by atoms with E-state index in [0.29, 0.717) is 18.0 Å². The topological polar surface area (TPSA) is 60.2 Å². The van der Waals surface area contributed by atoms with E-state index >= 15 is 0 Å². The highest BCUT2D eigenvalue weighted by molar-refractivity contribution is 5.62. The van der Waals surface area contributed by atoms with Crippen molar-refractivity contribution in [3.63, 3.8) is 0 Å². The second-order valence-electron chi connectivity index (χ2n) is 4.41. The predicted octanol–water partition coefficient (Wildman–Crippen LogP) is 2.84. The largest absolute Gasteiger partial charge is 0.434 e. The average molecular weight is 283 g/mol. The lowest BCUT2D eigenvalue weighted by atomic mass is 10.2. The Kier molecular flexibility index (Phi) is 4.62. The maximum atomic E-state index is 12.3. The molecule has 0 atom stereocenters. The molecule has 2 rings (SSSR count). The minimum absolute atomic E-state index is 0.00881. The summed E-state index contributed by atoms with van der Waals surface area (Å²) in [6, 6.07) is 6.57. The Morgan fingerprint density at radius 1 is 1.25 bits per heavy atom. The summed E-state index contributed by atoms with van der Waals surface area (Å²) in [5.74, 6) is 0.553. The van der Waals surface area contributed by atoms with Crippen molar-refractivity contribution in [1.29, 1.82) is 0 Å². The number of alkyl halides is 2. The number of nitrogens with one attached hydrogen (secondary N) is 1. The number of halogens is 2. The van der Waals surface area contributed by atoms with Gasteiger partial charge in [0.15, 0.2) is 0 Å². The monoisotopic (exact) mass is 283 g/mol. The number of para-hydroxylation sites is 1. The van der Waals surface area contributed by atoms with Gasteiger partial charge in [0.25, 0.3) is 5.89 Å². The van der Waals surface area contributed by atoms with Gasteiger partial charge in [0.05, 0.1) is 12.1 Å². The Morgan fingerprint density at radius 2 is 2.00 bits per heavy atom. The molecule has 0 unspecified atom stereocenters. The van der Waals surface area contributed by atoms with Crippen molar-refractivity contribution in [3.05, 3.63) is 30.2 Å². The van der Waals surface area contributed by atoms with E-state index in [1.54, 1.807) is 18.2 Å². The molecule has 0 saturated carbocycles. The smallest absolute Gasteiger partial charge is 0.387 e. The Bertz CT molecular complexity index is 558. The molecule has 0 aliphatic carbocycles. The number of nitrogens with zero attached hydrogens (tertiary/aromatic N) is 2. The van der Waals surface area contributed by atoms with Crippen LogP contribution in [0.1, 0.15) is 19.7 Å². The van der Waals surface area contributed by atoms with Gasteiger partial charge in [0, 0.05) is 6.04 Å². The summed E-state index contributed by atoms with van der Waals surface area (Å²) in [4.78, 5) is 0. The van der Waals surface area contributed by atoms with Crippen LogP contribution >= 0.6 is 0 Å². The third-order valence-corrected chi connectivity index (χ3v) is 2.46. The summed E-state index contributed by atoms with van der Waals surface area (Å²) in [6.45, 7) is 1.50. The molecule has 7 heteroatoms. The second kappa shape index (κ2) is 6.42. The van der Waals surface area contributed by atoms with Gasteiger partial charge in [-0.2, -0.15) is 8.78 Å². The van der Waals surface area contributed by atoms with E-state index in [1.807, 2.05) is 13.8 Å². The zero-order valence-corrected chi connectivity index (χ0v) is 11.1. The van der Waals surface area contributed by atoms with Crippen LogP contribution in [-0.4, -0.2) is 22.9 Å². The third kappa shape index (κ3) is 3.74. The van der Waals surface area contributed by atoms with Crippen LogP contribution in [0, 0.1) is 0 Å². The quantitative estimate of drug-likeness (QED) is 0.883. The Morgan fingerprint density at radius 3 is 2.70 bits per heavy atom. The van der Waals surface area contributed by atoms with Crippen LogP contribution in [-0.2, 0) is 6.54 Å². The van der Waals surface area contributed by atoms with E-state index in [4.69, 9.17) is 4.42 Å². The number of hydrogen-bond donors (Lipinski definition) is 1. The molecule has 0 spiro atoms. The lowest BCUT2D eigenvalue weighted by molar-refractivity contribution is -0.0495. The molecule has 2 aromatic rings. The highest BCUT2D eigenvalue weighted by Gasteiger charge is 2.16. The lowest BCUT2D eigenvalue weighted by Crippen LogP contribution is -2.21. The molecule has 0 radical (unpaired) electrons. The first-order valence-corrected chi connectivity index (χ1v) is 6.16. The van der Waals surface area contributed by atoms with Crippen molar-refractivity contribution >= 4 is 0 Å². The second-order valence-corrected chi connectivity index (χ2v) is 4.41. The number of benzene rings is 1. The Labute approximate surface area is 115 Å². The molecule has 20 heavy (non-hydrogen) atoms. The lowest BCUT2D eigenvalue weighted by Gasteiger charge is -2.07. The minimum atomic E-state index is -2.90. The molecule has 1 heterocycles.